The number of aromatic nitrogens is 2. The van der Waals surface area contributed by atoms with E-state index in [1.165, 1.54) is 12.1 Å². The summed E-state index contributed by atoms with van der Waals surface area (Å²) in [6.45, 7) is 0. The van der Waals surface area contributed by atoms with Crippen LogP contribution in [-0.2, 0) is 4.79 Å². The van der Waals surface area contributed by atoms with Crippen molar-refractivity contribution in [3.63, 3.8) is 0 Å². The van der Waals surface area contributed by atoms with Crippen molar-refractivity contribution in [2.75, 3.05) is 10.9 Å². The fourth-order valence-corrected chi connectivity index (χ4v) is 3.72. The summed E-state index contributed by atoms with van der Waals surface area (Å²) in [5.41, 5.74) is 10.9. The van der Waals surface area contributed by atoms with Gasteiger partial charge >= 0.3 is 5.69 Å². The highest BCUT2D eigenvalue weighted by Gasteiger charge is 2.26. The Balaban J connectivity index is 1.52. The van der Waals surface area contributed by atoms with Gasteiger partial charge in [0.25, 0.3) is 5.91 Å². The third kappa shape index (κ3) is 6.16. The number of nitro groups is 1. The van der Waals surface area contributed by atoms with E-state index in [1.807, 2.05) is 60.7 Å². The van der Waals surface area contributed by atoms with Crippen molar-refractivity contribution in [3.8, 4) is 0 Å². The van der Waals surface area contributed by atoms with Gasteiger partial charge in [-0.2, -0.15) is 0 Å². The average Bonchev–Trinajstić information content (AvgIpc) is 2.91. The van der Waals surface area contributed by atoms with Crippen LogP contribution in [-0.4, -0.2) is 26.7 Å². The number of nitrogens with one attached hydrogen (secondary N) is 4. The molecule has 4 N–H and O–H groups in total. The zero-order valence-electron chi connectivity index (χ0n) is 19.1. The molecule has 0 aliphatic rings. The fraction of sp³-hybridized carbons (Fsp3) is 0.0400. The molecule has 37 heavy (non-hydrogen) atoms. The second-order valence-electron chi connectivity index (χ2n) is 7.63. The van der Waals surface area contributed by atoms with E-state index in [0.717, 1.165) is 17.5 Å². The molecule has 2 amide bonds. The van der Waals surface area contributed by atoms with Crippen molar-refractivity contribution >= 4 is 40.7 Å². The molecule has 0 saturated heterocycles. The number of amides is 2. The molecule has 186 valence electrons. The van der Waals surface area contributed by atoms with Crippen LogP contribution >= 0.6 is 11.6 Å². The first kappa shape index (κ1) is 25.1. The third-order valence-corrected chi connectivity index (χ3v) is 5.45. The molecule has 12 heteroatoms. The molecule has 0 fully saturated rings. The SMILES string of the molecule is O=C(NNc1ncnc(NNC(=O)C(c2ccccc2)c2ccccc2)c1[N+](=O)[O-])c1cccc(Cl)c1. The summed E-state index contributed by atoms with van der Waals surface area (Å²) in [5, 5.41) is 12.2. The Kier molecular flexibility index (Phi) is 7.86. The van der Waals surface area contributed by atoms with Crippen LogP contribution < -0.4 is 21.7 Å². The molecule has 0 bridgehead atoms. The minimum absolute atomic E-state index is 0.232. The van der Waals surface area contributed by atoms with Gasteiger partial charge in [-0.1, -0.05) is 78.3 Å². The molecule has 11 nitrogen and oxygen atoms in total. The maximum atomic E-state index is 13.2. The molecular formula is C25H20ClN7O4. The summed E-state index contributed by atoms with van der Waals surface area (Å²) in [7, 11) is 0. The Morgan fingerprint density at radius 2 is 1.38 bits per heavy atom. The van der Waals surface area contributed by atoms with Gasteiger partial charge in [-0.25, -0.2) is 9.97 Å². The van der Waals surface area contributed by atoms with Crippen LogP contribution in [0.3, 0.4) is 0 Å². The Morgan fingerprint density at radius 3 is 1.92 bits per heavy atom. The summed E-state index contributed by atoms with van der Waals surface area (Å²) in [6.07, 6.45) is 1.04. The molecule has 4 aromatic rings. The zero-order valence-corrected chi connectivity index (χ0v) is 19.8. The number of carbonyl (C=O) groups excluding carboxylic acids is 2. The fourth-order valence-electron chi connectivity index (χ4n) is 3.53. The van der Waals surface area contributed by atoms with Gasteiger partial charge in [-0.15, -0.1) is 0 Å². The third-order valence-electron chi connectivity index (χ3n) is 5.22. The van der Waals surface area contributed by atoms with Gasteiger partial charge in [-0.3, -0.25) is 41.4 Å². The predicted octanol–water partition coefficient (Wildman–Crippen LogP) is 4.07. The first-order valence-electron chi connectivity index (χ1n) is 10.9. The van der Waals surface area contributed by atoms with Gasteiger partial charge < -0.3 is 0 Å². The van der Waals surface area contributed by atoms with Gasteiger partial charge in [0, 0.05) is 10.6 Å². The van der Waals surface area contributed by atoms with Gasteiger partial charge in [0.15, 0.2) is 0 Å². The minimum Gasteiger partial charge on any atom is -0.276 e. The van der Waals surface area contributed by atoms with Gasteiger partial charge in [0.1, 0.15) is 6.33 Å². The number of anilines is 2. The van der Waals surface area contributed by atoms with Crippen molar-refractivity contribution in [3.05, 3.63) is 123 Å². The number of halogens is 1. The number of carbonyl (C=O) groups is 2. The molecular weight excluding hydrogens is 498 g/mol. The summed E-state index contributed by atoms with van der Waals surface area (Å²) in [4.78, 5) is 44.4. The van der Waals surface area contributed by atoms with Crippen molar-refractivity contribution < 1.29 is 14.5 Å². The number of hydrogen-bond acceptors (Lipinski definition) is 8. The number of benzene rings is 3. The van der Waals surface area contributed by atoms with Crippen LogP contribution in [0, 0.1) is 10.1 Å². The van der Waals surface area contributed by atoms with E-state index >= 15 is 0 Å². The molecule has 0 atom stereocenters. The number of hydrogen-bond donors (Lipinski definition) is 4. The maximum absolute atomic E-state index is 13.2. The first-order chi connectivity index (χ1) is 17.9. The highest BCUT2D eigenvalue weighted by molar-refractivity contribution is 6.31. The van der Waals surface area contributed by atoms with Crippen LogP contribution in [0.4, 0.5) is 17.3 Å². The summed E-state index contributed by atoms with van der Waals surface area (Å²) in [5.74, 6) is -2.33. The number of nitrogens with zero attached hydrogens (tertiary/aromatic N) is 3. The molecule has 4 rings (SSSR count). The van der Waals surface area contributed by atoms with Gasteiger partial charge in [-0.05, 0) is 29.3 Å². The molecule has 3 aromatic carbocycles. The highest BCUT2D eigenvalue weighted by atomic mass is 35.5. The van der Waals surface area contributed by atoms with E-state index in [2.05, 4.69) is 31.7 Å². The van der Waals surface area contributed by atoms with Crippen molar-refractivity contribution in [2.45, 2.75) is 5.92 Å². The lowest BCUT2D eigenvalue weighted by Crippen LogP contribution is -2.35. The van der Waals surface area contributed by atoms with Crippen molar-refractivity contribution in [1.29, 1.82) is 0 Å². The lowest BCUT2D eigenvalue weighted by atomic mass is 9.91. The second kappa shape index (κ2) is 11.6. The summed E-state index contributed by atoms with van der Waals surface area (Å²) < 4.78 is 0. The predicted molar refractivity (Wildman–Crippen MR) is 138 cm³/mol. The summed E-state index contributed by atoms with van der Waals surface area (Å²) >= 11 is 5.90. The molecule has 0 unspecified atom stereocenters. The van der Waals surface area contributed by atoms with Crippen LogP contribution in [0.1, 0.15) is 27.4 Å². The molecule has 1 heterocycles. The first-order valence-corrected chi connectivity index (χ1v) is 11.3. The average molecular weight is 518 g/mol. The molecule has 1 aromatic heterocycles. The Hall–Kier alpha value is -5.03. The van der Waals surface area contributed by atoms with Gasteiger partial charge in [0.2, 0.25) is 17.5 Å². The summed E-state index contributed by atoms with van der Waals surface area (Å²) in [6, 6.07) is 24.4. The van der Waals surface area contributed by atoms with Crippen LogP contribution in [0.25, 0.3) is 0 Å². The van der Waals surface area contributed by atoms with Crippen LogP contribution in [0.15, 0.2) is 91.3 Å². The molecule has 0 aliphatic carbocycles. The van der Waals surface area contributed by atoms with E-state index in [1.54, 1.807) is 12.1 Å². The molecule has 0 saturated carbocycles. The monoisotopic (exact) mass is 517 g/mol. The van der Waals surface area contributed by atoms with Crippen LogP contribution in [0.2, 0.25) is 5.02 Å². The van der Waals surface area contributed by atoms with Crippen molar-refractivity contribution in [2.24, 2.45) is 0 Å². The lowest BCUT2D eigenvalue weighted by molar-refractivity contribution is -0.383. The van der Waals surface area contributed by atoms with Gasteiger partial charge in [0.05, 0.1) is 10.8 Å². The largest absolute Gasteiger partial charge is 0.356 e. The minimum atomic E-state index is -0.742. The second-order valence-corrected chi connectivity index (χ2v) is 8.07. The zero-order chi connectivity index (χ0) is 26.2. The lowest BCUT2D eigenvalue weighted by Gasteiger charge is -2.18. The number of rotatable bonds is 9. The molecule has 0 radical (unpaired) electrons. The van der Waals surface area contributed by atoms with Crippen molar-refractivity contribution in [1.82, 2.24) is 20.8 Å². The molecule has 0 aliphatic heterocycles. The Morgan fingerprint density at radius 1 is 0.811 bits per heavy atom. The van der Waals surface area contributed by atoms with Crippen LogP contribution in [0.5, 0.6) is 0 Å². The smallest absolute Gasteiger partial charge is 0.276 e. The molecule has 0 spiro atoms. The van der Waals surface area contributed by atoms with E-state index < -0.39 is 28.3 Å². The van der Waals surface area contributed by atoms with E-state index in [0.29, 0.717) is 5.02 Å². The topological polar surface area (TPSA) is 151 Å². The van der Waals surface area contributed by atoms with E-state index in [-0.39, 0.29) is 17.2 Å². The van der Waals surface area contributed by atoms with E-state index in [4.69, 9.17) is 11.6 Å². The normalized spacial score (nSPS) is 10.4. The maximum Gasteiger partial charge on any atom is 0.356 e. The Labute approximate surface area is 216 Å². The quantitative estimate of drug-likeness (QED) is 0.191. The number of hydrazine groups is 2. The Bertz CT molecular complexity index is 1380. The highest BCUT2D eigenvalue weighted by Crippen LogP contribution is 2.29. The van der Waals surface area contributed by atoms with E-state index in [9.17, 15) is 19.7 Å². The standard InChI is InChI=1S/C25H20ClN7O4/c26-19-13-7-12-18(14-19)24(34)31-29-22-21(33(36)37)23(28-15-27-22)30-32-25(35)20(16-8-3-1-4-9-16)17-10-5-2-6-11-17/h1-15,20H,(H,31,34)(H,32,35)(H2,27,28,29,30).